The van der Waals surface area contributed by atoms with Gasteiger partial charge in [0, 0.05) is 24.8 Å². The first-order valence-corrected chi connectivity index (χ1v) is 7.21. The van der Waals surface area contributed by atoms with Gasteiger partial charge < -0.3 is 10.5 Å². The van der Waals surface area contributed by atoms with Crippen molar-refractivity contribution < 1.29 is 4.74 Å². The van der Waals surface area contributed by atoms with E-state index in [1.54, 1.807) is 7.11 Å². The van der Waals surface area contributed by atoms with E-state index in [1.807, 2.05) is 30.5 Å². The van der Waals surface area contributed by atoms with Crippen molar-refractivity contribution in [1.82, 2.24) is 9.88 Å². The number of hydrogen-bond donors (Lipinski definition) is 1. The summed E-state index contributed by atoms with van der Waals surface area (Å²) in [7, 11) is 3.80. The van der Waals surface area contributed by atoms with Crippen LogP contribution in [0.15, 0.2) is 42.6 Å². The van der Waals surface area contributed by atoms with Crippen molar-refractivity contribution in [3.05, 3.63) is 59.4 Å². The van der Waals surface area contributed by atoms with Gasteiger partial charge in [-0.2, -0.15) is 0 Å². The summed E-state index contributed by atoms with van der Waals surface area (Å²) in [5.41, 5.74) is 10.0. The number of benzene rings is 1. The Bertz CT molecular complexity index is 615. The summed E-state index contributed by atoms with van der Waals surface area (Å²) in [5.74, 6) is 0.872. The second-order valence-electron chi connectivity index (χ2n) is 5.60. The number of nitrogens with two attached hydrogens (primary N) is 1. The highest BCUT2D eigenvalue weighted by Gasteiger charge is 2.32. The Morgan fingerprint density at radius 1 is 1.33 bits per heavy atom. The number of hydrogen-bond acceptors (Lipinski definition) is 4. The van der Waals surface area contributed by atoms with Crippen molar-refractivity contribution in [1.29, 1.82) is 0 Å². The van der Waals surface area contributed by atoms with E-state index in [0.717, 1.165) is 24.4 Å². The van der Waals surface area contributed by atoms with E-state index >= 15 is 0 Å². The summed E-state index contributed by atoms with van der Waals surface area (Å²) in [6, 6.07) is 12.5. The number of nitrogens with zero attached hydrogens (tertiary/aromatic N) is 2. The second kappa shape index (κ2) is 5.84. The van der Waals surface area contributed by atoms with E-state index in [1.165, 1.54) is 11.1 Å². The standard InChI is InChI=1S/C17H21N3O/c1-20(11-13-5-3-4-8-19-13)16-9-12-6-7-14(21-2)10-15(12)17(16)18/h3-8,10,16-17H,9,11,18H2,1-2H3. The molecule has 2 unspecified atom stereocenters. The number of pyridine rings is 1. The summed E-state index contributed by atoms with van der Waals surface area (Å²) in [6.45, 7) is 0.810. The first kappa shape index (κ1) is 14.0. The third-order valence-electron chi connectivity index (χ3n) is 4.26. The smallest absolute Gasteiger partial charge is 0.119 e. The minimum Gasteiger partial charge on any atom is -0.497 e. The van der Waals surface area contributed by atoms with Gasteiger partial charge in [-0.3, -0.25) is 9.88 Å². The van der Waals surface area contributed by atoms with Gasteiger partial charge >= 0.3 is 0 Å². The zero-order valence-electron chi connectivity index (χ0n) is 12.5. The Morgan fingerprint density at radius 3 is 2.90 bits per heavy atom. The topological polar surface area (TPSA) is 51.4 Å². The highest BCUT2D eigenvalue weighted by molar-refractivity contribution is 5.42. The SMILES string of the molecule is COc1ccc2c(c1)C(N)C(N(C)Cc1ccccn1)C2. The van der Waals surface area contributed by atoms with Crippen LogP contribution in [-0.2, 0) is 13.0 Å². The first-order chi connectivity index (χ1) is 10.2. The minimum absolute atomic E-state index is 0.0174. The van der Waals surface area contributed by atoms with Crippen LogP contribution in [0.5, 0.6) is 5.75 Å². The van der Waals surface area contributed by atoms with E-state index in [9.17, 15) is 0 Å². The van der Waals surface area contributed by atoms with Gasteiger partial charge in [0.25, 0.3) is 0 Å². The van der Waals surface area contributed by atoms with Crippen LogP contribution in [0.25, 0.3) is 0 Å². The molecule has 0 amide bonds. The van der Waals surface area contributed by atoms with Crippen LogP contribution in [0, 0.1) is 0 Å². The lowest BCUT2D eigenvalue weighted by Crippen LogP contribution is -2.38. The number of rotatable bonds is 4. The van der Waals surface area contributed by atoms with Crippen molar-refractivity contribution >= 4 is 0 Å². The molecule has 0 spiro atoms. The van der Waals surface area contributed by atoms with Crippen LogP contribution in [0.4, 0.5) is 0 Å². The Labute approximate surface area is 125 Å². The maximum absolute atomic E-state index is 6.45. The van der Waals surface area contributed by atoms with E-state index in [0.29, 0.717) is 6.04 Å². The molecule has 2 atom stereocenters. The molecule has 0 saturated carbocycles. The van der Waals surface area contributed by atoms with Crippen LogP contribution < -0.4 is 10.5 Å². The van der Waals surface area contributed by atoms with Crippen LogP contribution in [0.1, 0.15) is 22.9 Å². The van der Waals surface area contributed by atoms with Gasteiger partial charge in [-0.15, -0.1) is 0 Å². The molecule has 1 aliphatic rings. The predicted molar refractivity (Wildman–Crippen MR) is 83.1 cm³/mol. The van der Waals surface area contributed by atoms with E-state index in [-0.39, 0.29) is 6.04 Å². The van der Waals surface area contributed by atoms with Crippen molar-refractivity contribution in [3.8, 4) is 5.75 Å². The molecular weight excluding hydrogens is 262 g/mol. The summed E-state index contributed by atoms with van der Waals surface area (Å²) >= 11 is 0. The van der Waals surface area contributed by atoms with Crippen LogP contribution in [-0.4, -0.2) is 30.1 Å². The van der Waals surface area contributed by atoms with Crippen LogP contribution in [0.2, 0.25) is 0 Å². The van der Waals surface area contributed by atoms with Crippen LogP contribution in [0.3, 0.4) is 0 Å². The maximum atomic E-state index is 6.45. The summed E-state index contributed by atoms with van der Waals surface area (Å²) in [5, 5.41) is 0. The fourth-order valence-electron chi connectivity index (χ4n) is 3.05. The van der Waals surface area contributed by atoms with Gasteiger partial charge in [0.15, 0.2) is 0 Å². The highest BCUT2D eigenvalue weighted by Crippen LogP contribution is 2.35. The van der Waals surface area contributed by atoms with Crippen molar-refractivity contribution in [3.63, 3.8) is 0 Å². The second-order valence-corrected chi connectivity index (χ2v) is 5.60. The van der Waals surface area contributed by atoms with Crippen LogP contribution >= 0.6 is 0 Å². The third-order valence-corrected chi connectivity index (χ3v) is 4.26. The molecule has 110 valence electrons. The average Bonchev–Trinajstić information content (AvgIpc) is 2.85. The third kappa shape index (κ3) is 2.77. The summed E-state index contributed by atoms with van der Waals surface area (Å²) in [4.78, 5) is 6.68. The number of fused-ring (bicyclic) bond motifs is 1. The van der Waals surface area contributed by atoms with Crippen molar-refractivity contribution in [2.45, 2.75) is 25.0 Å². The lowest BCUT2D eigenvalue weighted by Gasteiger charge is -2.27. The van der Waals surface area contributed by atoms with E-state index < -0.39 is 0 Å². The van der Waals surface area contributed by atoms with Crippen molar-refractivity contribution in [2.24, 2.45) is 5.73 Å². The van der Waals surface area contributed by atoms with Gasteiger partial charge in [-0.25, -0.2) is 0 Å². The molecule has 4 heteroatoms. The molecule has 0 saturated heterocycles. The largest absolute Gasteiger partial charge is 0.497 e. The number of likely N-dealkylation sites (N-methyl/N-ethyl adjacent to an activating group) is 1. The average molecular weight is 283 g/mol. The summed E-state index contributed by atoms with van der Waals surface area (Å²) < 4.78 is 5.30. The molecule has 0 aliphatic heterocycles. The van der Waals surface area contributed by atoms with Gasteiger partial charge in [-0.1, -0.05) is 12.1 Å². The zero-order chi connectivity index (χ0) is 14.8. The lowest BCUT2D eigenvalue weighted by atomic mass is 10.1. The highest BCUT2D eigenvalue weighted by atomic mass is 16.5. The Morgan fingerprint density at radius 2 is 2.19 bits per heavy atom. The summed E-state index contributed by atoms with van der Waals surface area (Å²) in [6.07, 6.45) is 2.81. The number of aromatic nitrogens is 1. The molecule has 0 radical (unpaired) electrons. The fourth-order valence-corrected chi connectivity index (χ4v) is 3.05. The van der Waals surface area contributed by atoms with Gasteiger partial charge in [0.2, 0.25) is 0 Å². The fraction of sp³-hybridized carbons (Fsp3) is 0.353. The predicted octanol–water partition coefficient (Wildman–Crippen LogP) is 2.15. The first-order valence-electron chi connectivity index (χ1n) is 7.21. The molecule has 21 heavy (non-hydrogen) atoms. The Balaban J connectivity index is 1.76. The Kier molecular flexibility index (Phi) is 3.90. The normalized spacial score (nSPS) is 20.6. The number of ether oxygens (including phenoxy) is 1. The Hall–Kier alpha value is -1.91. The number of methoxy groups -OCH3 is 1. The minimum atomic E-state index is 0.0174. The monoisotopic (exact) mass is 283 g/mol. The maximum Gasteiger partial charge on any atom is 0.119 e. The molecule has 4 nitrogen and oxygen atoms in total. The van der Waals surface area contributed by atoms with Gasteiger partial charge in [0.1, 0.15) is 5.75 Å². The molecule has 1 heterocycles. The quantitative estimate of drug-likeness (QED) is 0.934. The molecule has 2 N–H and O–H groups in total. The molecular formula is C17H21N3O. The molecule has 1 aromatic carbocycles. The van der Waals surface area contributed by atoms with E-state index in [4.69, 9.17) is 10.5 Å². The molecule has 0 fully saturated rings. The van der Waals surface area contributed by atoms with Gasteiger partial charge in [0.05, 0.1) is 12.8 Å². The molecule has 2 aromatic rings. The molecule has 1 aliphatic carbocycles. The zero-order valence-corrected chi connectivity index (χ0v) is 12.5. The molecule has 0 bridgehead atoms. The van der Waals surface area contributed by atoms with E-state index in [2.05, 4.69) is 29.1 Å². The molecule has 1 aromatic heterocycles. The van der Waals surface area contributed by atoms with Gasteiger partial charge in [-0.05, 0) is 48.9 Å². The molecule has 3 rings (SSSR count). The van der Waals surface area contributed by atoms with Crippen molar-refractivity contribution in [2.75, 3.05) is 14.2 Å². The lowest BCUT2D eigenvalue weighted by molar-refractivity contribution is 0.212.